The summed E-state index contributed by atoms with van der Waals surface area (Å²) >= 11 is 0. The summed E-state index contributed by atoms with van der Waals surface area (Å²) in [6.45, 7) is 3.42. The molecule has 0 radical (unpaired) electrons. The molecule has 0 atom stereocenters. The summed E-state index contributed by atoms with van der Waals surface area (Å²) in [5.41, 5.74) is 1.72. The van der Waals surface area contributed by atoms with Gasteiger partial charge in [-0.2, -0.15) is 5.10 Å². The van der Waals surface area contributed by atoms with E-state index in [1.54, 1.807) is 12.4 Å². The number of nitrogens with zero attached hydrogens (tertiary/aromatic N) is 3. The standard InChI is InChI=1S/C17H25N5O/c1-2-15-18-8-10-22(15)11-9-19-17(23)14-12-20-21-16(14)13-6-4-3-5-7-13/h8,10,12-13H,2-7,9,11H2,1H3,(H,19,23)(H,20,21). The van der Waals surface area contributed by atoms with Crippen LogP contribution in [-0.2, 0) is 13.0 Å². The number of imidazole rings is 1. The molecule has 2 heterocycles. The van der Waals surface area contributed by atoms with Crippen LogP contribution in [0, 0.1) is 0 Å². The van der Waals surface area contributed by atoms with Crippen LogP contribution in [0.3, 0.4) is 0 Å². The topological polar surface area (TPSA) is 75.6 Å². The first-order valence-electron chi connectivity index (χ1n) is 8.61. The third-order valence-corrected chi connectivity index (χ3v) is 4.68. The molecule has 124 valence electrons. The van der Waals surface area contributed by atoms with Gasteiger partial charge in [0.25, 0.3) is 5.91 Å². The average molecular weight is 315 g/mol. The Morgan fingerprint density at radius 2 is 2.22 bits per heavy atom. The molecule has 0 bridgehead atoms. The number of aryl methyl sites for hydroxylation is 1. The highest BCUT2D eigenvalue weighted by Crippen LogP contribution is 2.33. The van der Waals surface area contributed by atoms with Gasteiger partial charge in [-0.3, -0.25) is 9.89 Å². The van der Waals surface area contributed by atoms with Crippen molar-refractivity contribution >= 4 is 5.91 Å². The number of carbonyl (C=O) groups is 1. The van der Waals surface area contributed by atoms with Crippen LogP contribution in [0.2, 0.25) is 0 Å². The van der Waals surface area contributed by atoms with E-state index in [2.05, 4.69) is 32.0 Å². The fourth-order valence-electron chi connectivity index (χ4n) is 3.42. The van der Waals surface area contributed by atoms with Crippen LogP contribution in [0.25, 0.3) is 0 Å². The number of amides is 1. The first-order valence-corrected chi connectivity index (χ1v) is 8.61. The van der Waals surface area contributed by atoms with E-state index in [1.165, 1.54) is 19.3 Å². The van der Waals surface area contributed by atoms with Crippen LogP contribution in [0.5, 0.6) is 0 Å². The minimum atomic E-state index is -0.0301. The van der Waals surface area contributed by atoms with Gasteiger partial charge in [-0.25, -0.2) is 4.98 Å². The number of aromatic amines is 1. The Morgan fingerprint density at radius 3 is 3.00 bits per heavy atom. The summed E-state index contributed by atoms with van der Waals surface area (Å²) in [7, 11) is 0. The quantitative estimate of drug-likeness (QED) is 0.860. The lowest BCUT2D eigenvalue weighted by molar-refractivity contribution is 0.0950. The third kappa shape index (κ3) is 3.63. The lowest BCUT2D eigenvalue weighted by Crippen LogP contribution is -2.28. The summed E-state index contributed by atoms with van der Waals surface area (Å²) in [5, 5.41) is 10.2. The van der Waals surface area contributed by atoms with Crippen molar-refractivity contribution in [3.05, 3.63) is 35.7 Å². The van der Waals surface area contributed by atoms with E-state index in [4.69, 9.17) is 0 Å². The normalized spacial score (nSPS) is 15.7. The Balaban J connectivity index is 1.57. The largest absolute Gasteiger partial charge is 0.350 e. The van der Waals surface area contributed by atoms with E-state index in [-0.39, 0.29) is 5.91 Å². The molecule has 1 aliphatic rings. The van der Waals surface area contributed by atoms with Crippen LogP contribution < -0.4 is 5.32 Å². The molecule has 0 saturated heterocycles. The van der Waals surface area contributed by atoms with E-state index < -0.39 is 0 Å². The van der Waals surface area contributed by atoms with Gasteiger partial charge < -0.3 is 9.88 Å². The molecule has 6 nitrogen and oxygen atoms in total. The van der Waals surface area contributed by atoms with Crippen LogP contribution in [-0.4, -0.2) is 32.2 Å². The number of rotatable bonds is 6. The van der Waals surface area contributed by atoms with E-state index >= 15 is 0 Å². The molecular formula is C17H25N5O. The van der Waals surface area contributed by atoms with Crippen molar-refractivity contribution in [3.8, 4) is 0 Å². The second-order valence-electron chi connectivity index (χ2n) is 6.18. The molecule has 3 rings (SSSR count). The zero-order valence-electron chi connectivity index (χ0n) is 13.7. The number of hydrogen-bond donors (Lipinski definition) is 2. The van der Waals surface area contributed by atoms with Crippen molar-refractivity contribution in [2.45, 2.75) is 57.9 Å². The molecule has 1 saturated carbocycles. The van der Waals surface area contributed by atoms with Gasteiger partial charge in [-0.15, -0.1) is 0 Å². The SMILES string of the molecule is CCc1nccn1CCNC(=O)c1cn[nH]c1C1CCCCC1. The van der Waals surface area contributed by atoms with E-state index in [0.29, 0.717) is 18.0 Å². The molecule has 0 aliphatic heterocycles. The predicted molar refractivity (Wildman–Crippen MR) is 88.4 cm³/mol. The molecule has 1 aliphatic carbocycles. The lowest BCUT2D eigenvalue weighted by atomic mass is 9.85. The van der Waals surface area contributed by atoms with Crippen molar-refractivity contribution in [2.75, 3.05) is 6.54 Å². The second kappa shape index (κ2) is 7.44. The molecule has 2 N–H and O–H groups in total. The second-order valence-corrected chi connectivity index (χ2v) is 6.18. The molecule has 0 aromatic carbocycles. The zero-order valence-corrected chi connectivity index (χ0v) is 13.7. The first kappa shape index (κ1) is 15.8. The number of H-pyrrole nitrogens is 1. The predicted octanol–water partition coefficient (Wildman–Crippen LogP) is 2.65. The maximum absolute atomic E-state index is 12.5. The summed E-state index contributed by atoms with van der Waals surface area (Å²) in [5.74, 6) is 1.47. The molecule has 0 unspecified atom stereocenters. The molecule has 0 spiro atoms. The molecule has 1 amide bonds. The average Bonchev–Trinajstić information content (AvgIpc) is 3.24. The minimum Gasteiger partial charge on any atom is -0.350 e. The first-order chi connectivity index (χ1) is 11.3. The van der Waals surface area contributed by atoms with Crippen molar-refractivity contribution in [1.29, 1.82) is 0 Å². The van der Waals surface area contributed by atoms with E-state index in [9.17, 15) is 4.79 Å². The zero-order chi connectivity index (χ0) is 16.1. The van der Waals surface area contributed by atoms with Gasteiger partial charge in [-0.1, -0.05) is 26.2 Å². The van der Waals surface area contributed by atoms with Gasteiger partial charge in [0.1, 0.15) is 5.82 Å². The van der Waals surface area contributed by atoms with Crippen LogP contribution in [0.4, 0.5) is 0 Å². The molecule has 23 heavy (non-hydrogen) atoms. The van der Waals surface area contributed by atoms with Crippen molar-refractivity contribution in [1.82, 2.24) is 25.1 Å². The number of nitrogens with one attached hydrogen (secondary N) is 2. The van der Waals surface area contributed by atoms with Gasteiger partial charge >= 0.3 is 0 Å². The number of hydrogen-bond acceptors (Lipinski definition) is 3. The fraction of sp³-hybridized carbons (Fsp3) is 0.588. The van der Waals surface area contributed by atoms with Crippen LogP contribution in [0.1, 0.15) is 66.8 Å². The molecule has 2 aromatic rings. The number of aromatic nitrogens is 4. The summed E-state index contributed by atoms with van der Waals surface area (Å²) < 4.78 is 2.08. The van der Waals surface area contributed by atoms with Crippen molar-refractivity contribution < 1.29 is 4.79 Å². The van der Waals surface area contributed by atoms with Gasteiger partial charge in [0.15, 0.2) is 0 Å². The highest BCUT2D eigenvalue weighted by molar-refractivity contribution is 5.95. The Bertz CT molecular complexity index is 639. The lowest BCUT2D eigenvalue weighted by Gasteiger charge is -2.21. The Morgan fingerprint density at radius 1 is 1.39 bits per heavy atom. The molecule has 1 fully saturated rings. The molecule has 2 aromatic heterocycles. The summed E-state index contributed by atoms with van der Waals surface area (Å²) in [6.07, 6.45) is 12.4. The van der Waals surface area contributed by atoms with Crippen LogP contribution >= 0.6 is 0 Å². The minimum absolute atomic E-state index is 0.0301. The summed E-state index contributed by atoms with van der Waals surface area (Å²) in [6, 6.07) is 0. The van der Waals surface area contributed by atoms with E-state index in [1.807, 2.05) is 6.20 Å². The smallest absolute Gasteiger partial charge is 0.254 e. The van der Waals surface area contributed by atoms with E-state index in [0.717, 1.165) is 37.3 Å². The maximum Gasteiger partial charge on any atom is 0.254 e. The highest BCUT2D eigenvalue weighted by Gasteiger charge is 2.23. The Hall–Kier alpha value is -2.11. The van der Waals surface area contributed by atoms with Gasteiger partial charge in [0.2, 0.25) is 0 Å². The molecule has 6 heteroatoms. The Labute approximate surface area is 136 Å². The highest BCUT2D eigenvalue weighted by atomic mass is 16.1. The maximum atomic E-state index is 12.5. The van der Waals surface area contributed by atoms with Gasteiger partial charge in [0.05, 0.1) is 17.5 Å². The monoisotopic (exact) mass is 315 g/mol. The van der Waals surface area contributed by atoms with Gasteiger partial charge in [0, 0.05) is 37.8 Å². The Kier molecular flexibility index (Phi) is 5.10. The third-order valence-electron chi connectivity index (χ3n) is 4.68. The van der Waals surface area contributed by atoms with Crippen molar-refractivity contribution in [2.24, 2.45) is 0 Å². The fourth-order valence-corrected chi connectivity index (χ4v) is 3.42. The molecular weight excluding hydrogens is 290 g/mol. The summed E-state index contributed by atoms with van der Waals surface area (Å²) in [4.78, 5) is 16.7. The number of carbonyl (C=O) groups excluding carboxylic acids is 1. The van der Waals surface area contributed by atoms with Crippen LogP contribution in [0.15, 0.2) is 18.6 Å². The van der Waals surface area contributed by atoms with Gasteiger partial charge in [-0.05, 0) is 12.8 Å². The van der Waals surface area contributed by atoms with Crippen molar-refractivity contribution in [3.63, 3.8) is 0 Å².